The first kappa shape index (κ1) is 23.9. The molecule has 2 aliphatic heterocycles. The summed E-state index contributed by atoms with van der Waals surface area (Å²) in [4.78, 5) is 22.0. The molecule has 2 aromatic rings. The highest BCUT2D eigenvalue weighted by Crippen LogP contribution is 2.31. The largest absolute Gasteiger partial charge is 0.493 e. The molecular weight excluding hydrogens is 450 g/mol. The summed E-state index contributed by atoms with van der Waals surface area (Å²) in [5.41, 5.74) is 0.803. The Kier molecular flexibility index (Phi) is 7.35. The van der Waals surface area contributed by atoms with E-state index in [1.165, 1.54) is 5.06 Å². The van der Waals surface area contributed by atoms with Crippen LogP contribution >= 0.6 is 0 Å². The number of hydroxylamine groups is 2. The van der Waals surface area contributed by atoms with E-state index >= 15 is 0 Å². The first-order valence-corrected chi connectivity index (χ1v) is 11.3. The third kappa shape index (κ3) is 5.46. The van der Waals surface area contributed by atoms with E-state index in [1.54, 1.807) is 44.4 Å². The fourth-order valence-electron chi connectivity index (χ4n) is 3.53. The van der Waals surface area contributed by atoms with Crippen LogP contribution in [0.25, 0.3) is 6.08 Å². The van der Waals surface area contributed by atoms with E-state index in [4.69, 9.17) is 29.2 Å². The summed E-state index contributed by atoms with van der Waals surface area (Å²) in [6.45, 7) is 4.96. The van der Waals surface area contributed by atoms with Gasteiger partial charge < -0.3 is 23.8 Å². The van der Waals surface area contributed by atoms with Crippen molar-refractivity contribution in [3.63, 3.8) is 0 Å². The van der Waals surface area contributed by atoms with Crippen molar-refractivity contribution in [2.24, 2.45) is 4.99 Å². The molecule has 0 aliphatic carbocycles. The summed E-state index contributed by atoms with van der Waals surface area (Å²) in [6.07, 6.45) is 3.87. The van der Waals surface area contributed by atoms with Gasteiger partial charge in [0, 0.05) is 12.5 Å². The maximum Gasteiger partial charge on any atom is 0.282 e. The minimum absolute atomic E-state index is 0.0681. The van der Waals surface area contributed by atoms with Crippen LogP contribution in [0.3, 0.4) is 0 Å². The monoisotopic (exact) mass is 477 g/mol. The minimum Gasteiger partial charge on any atom is -0.493 e. The predicted octanol–water partition coefficient (Wildman–Crippen LogP) is 4.39. The number of amidine groups is 2. The number of ether oxygens (including phenoxy) is 4. The summed E-state index contributed by atoms with van der Waals surface area (Å²) in [6, 6.07) is 12.8. The number of para-hydroxylation sites is 2. The molecule has 35 heavy (non-hydrogen) atoms. The second-order valence-electron chi connectivity index (χ2n) is 7.66. The number of rotatable bonds is 10. The maximum atomic E-state index is 12.5. The molecule has 0 atom stereocenters. The number of benzene rings is 2. The number of carbonyl (C=O) groups is 1. The van der Waals surface area contributed by atoms with E-state index in [1.807, 2.05) is 31.2 Å². The average Bonchev–Trinajstić information content (AvgIpc) is 3.23. The number of carbonyl (C=O) groups excluding carboxylic acids is 1. The Morgan fingerprint density at radius 1 is 1.03 bits per heavy atom. The van der Waals surface area contributed by atoms with Crippen LogP contribution in [0, 0.1) is 5.41 Å². The normalized spacial score (nSPS) is 15.9. The zero-order chi connectivity index (χ0) is 24.8. The lowest BCUT2D eigenvalue weighted by Gasteiger charge is -2.23. The maximum absolute atomic E-state index is 12.5. The topological polar surface area (TPSA) is 103 Å². The smallest absolute Gasteiger partial charge is 0.282 e. The van der Waals surface area contributed by atoms with Crippen molar-refractivity contribution in [1.29, 1.82) is 5.41 Å². The molecule has 1 N–H and O–H groups in total. The average molecular weight is 478 g/mol. The second kappa shape index (κ2) is 10.8. The highest BCUT2D eigenvalue weighted by molar-refractivity contribution is 6.32. The molecule has 0 spiro atoms. The predicted molar refractivity (Wildman–Crippen MR) is 131 cm³/mol. The third-order valence-electron chi connectivity index (χ3n) is 5.13. The van der Waals surface area contributed by atoms with E-state index < -0.39 is 5.91 Å². The summed E-state index contributed by atoms with van der Waals surface area (Å²) in [5, 5.41) is 9.59. The molecule has 0 saturated heterocycles. The SMILES string of the molecule is CCOc1cc(/C=C2\C(=N)N3OC(C)=CC3=NC2=O)ccc1OCCCOc1ccccc1OC. The number of aliphatic imine (C=N–C) groups is 1. The van der Waals surface area contributed by atoms with Crippen molar-refractivity contribution in [3.8, 4) is 23.0 Å². The quantitative estimate of drug-likeness (QED) is 0.400. The molecule has 2 aliphatic rings. The standard InChI is InChI=1S/C26H27N3O6/c1-4-32-23-16-18(15-19-25(27)29-24(28-26(19)30)14-17(2)35-29)10-11-22(23)34-13-7-12-33-21-9-6-5-8-20(21)31-3/h5-6,8-11,14-16,27H,4,7,12-13H2,1-3H3/b19-15+,27-25?. The van der Waals surface area contributed by atoms with Crippen LogP contribution in [0.2, 0.25) is 0 Å². The van der Waals surface area contributed by atoms with Crippen molar-refractivity contribution < 1.29 is 28.6 Å². The van der Waals surface area contributed by atoms with Gasteiger partial charge >= 0.3 is 0 Å². The van der Waals surface area contributed by atoms with Crippen LogP contribution in [0.15, 0.2) is 64.9 Å². The summed E-state index contributed by atoms with van der Waals surface area (Å²) in [5.74, 6) is 2.81. The van der Waals surface area contributed by atoms with Crippen molar-refractivity contribution in [3.05, 3.63) is 65.4 Å². The van der Waals surface area contributed by atoms with Gasteiger partial charge in [-0.3, -0.25) is 10.2 Å². The zero-order valence-electron chi connectivity index (χ0n) is 19.9. The highest BCUT2D eigenvalue weighted by atomic mass is 16.7. The lowest BCUT2D eigenvalue weighted by atomic mass is 10.1. The number of nitrogens with zero attached hydrogens (tertiary/aromatic N) is 2. The third-order valence-corrected chi connectivity index (χ3v) is 5.13. The molecule has 2 heterocycles. The summed E-state index contributed by atoms with van der Waals surface area (Å²) >= 11 is 0. The van der Waals surface area contributed by atoms with Gasteiger partial charge in [0.2, 0.25) is 0 Å². The summed E-state index contributed by atoms with van der Waals surface area (Å²) < 4.78 is 22.7. The molecule has 9 heteroatoms. The van der Waals surface area contributed by atoms with Crippen LogP contribution < -0.4 is 18.9 Å². The minimum atomic E-state index is -0.496. The van der Waals surface area contributed by atoms with Crippen molar-refractivity contribution >= 4 is 23.7 Å². The Bertz CT molecular complexity index is 1220. The van der Waals surface area contributed by atoms with Crippen LogP contribution in [-0.4, -0.2) is 49.6 Å². The molecule has 0 unspecified atom stereocenters. The van der Waals surface area contributed by atoms with Crippen LogP contribution in [0.5, 0.6) is 23.0 Å². The van der Waals surface area contributed by atoms with Gasteiger partial charge in [0.05, 0.1) is 32.5 Å². The number of hydrogen-bond donors (Lipinski definition) is 1. The zero-order valence-corrected chi connectivity index (χ0v) is 19.9. The van der Waals surface area contributed by atoms with Crippen molar-refractivity contribution in [2.45, 2.75) is 20.3 Å². The molecule has 0 aromatic heterocycles. The molecule has 0 saturated carbocycles. The number of amides is 1. The van der Waals surface area contributed by atoms with Gasteiger partial charge in [0.25, 0.3) is 5.91 Å². The van der Waals surface area contributed by atoms with Gasteiger partial charge in [-0.1, -0.05) is 18.2 Å². The molecular formula is C26H27N3O6. The number of nitrogens with one attached hydrogen (secondary N) is 1. The summed E-state index contributed by atoms with van der Waals surface area (Å²) in [7, 11) is 1.61. The van der Waals surface area contributed by atoms with E-state index in [2.05, 4.69) is 4.99 Å². The lowest BCUT2D eigenvalue weighted by molar-refractivity contribution is -0.114. The number of hydrogen-bond acceptors (Lipinski definition) is 7. The first-order valence-electron chi connectivity index (χ1n) is 11.3. The molecule has 182 valence electrons. The molecule has 2 aromatic carbocycles. The molecule has 0 fully saturated rings. The Balaban J connectivity index is 1.40. The van der Waals surface area contributed by atoms with Gasteiger partial charge in [0.15, 0.2) is 34.7 Å². The first-order chi connectivity index (χ1) is 17.0. The fraction of sp³-hybridized carbons (Fsp3) is 0.269. The highest BCUT2D eigenvalue weighted by Gasteiger charge is 2.34. The van der Waals surface area contributed by atoms with E-state index in [0.717, 1.165) is 0 Å². The van der Waals surface area contributed by atoms with Gasteiger partial charge in [-0.15, -0.1) is 5.06 Å². The Hall–Kier alpha value is -4.27. The molecule has 0 radical (unpaired) electrons. The fourth-order valence-corrected chi connectivity index (χ4v) is 3.53. The van der Waals surface area contributed by atoms with Crippen LogP contribution in [0.1, 0.15) is 25.8 Å². The molecule has 0 bridgehead atoms. The second-order valence-corrected chi connectivity index (χ2v) is 7.66. The molecule has 4 rings (SSSR count). The van der Waals surface area contributed by atoms with Gasteiger partial charge in [-0.2, -0.15) is 4.99 Å². The van der Waals surface area contributed by atoms with Crippen LogP contribution in [-0.2, 0) is 9.63 Å². The Morgan fingerprint density at radius 2 is 1.74 bits per heavy atom. The number of methoxy groups -OCH3 is 1. The Morgan fingerprint density at radius 3 is 2.46 bits per heavy atom. The van der Waals surface area contributed by atoms with Gasteiger partial charge in [-0.05, 0) is 49.8 Å². The molecule has 9 nitrogen and oxygen atoms in total. The number of fused-ring (bicyclic) bond motifs is 1. The van der Waals surface area contributed by atoms with E-state index in [9.17, 15) is 4.79 Å². The van der Waals surface area contributed by atoms with Crippen LogP contribution in [0.4, 0.5) is 0 Å². The van der Waals surface area contributed by atoms with Crippen molar-refractivity contribution in [2.75, 3.05) is 26.9 Å². The Labute approximate surface area is 203 Å². The lowest BCUT2D eigenvalue weighted by Crippen LogP contribution is -2.38. The van der Waals surface area contributed by atoms with Crippen molar-refractivity contribution in [1.82, 2.24) is 5.06 Å². The van der Waals surface area contributed by atoms with Gasteiger partial charge in [-0.25, -0.2) is 0 Å². The van der Waals surface area contributed by atoms with E-state index in [0.29, 0.717) is 66.4 Å². The molecule has 1 amide bonds. The van der Waals surface area contributed by atoms with E-state index in [-0.39, 0.29) is 11.4 Å². The van der Waals surface area contributed by atoms with Gasteiger partial charge in [0.1, 0.15) is 5.76 Å². The number of allylic oxidation sites excluding steroid dienone is 1.